The molecular weight excluding hydrogens is 210 g/mol. The van der Waals surface area contributed by atoms with Crippen LogP contribution in [0.4, 0.5) is 0 Å². The summed E-state index contributed by atoms with van der Waals surface area (Å²) in [5, 5.41) is 2.85. The molecule has 0 aromatic carbocycles. The molecule has 1 rings (SSSR count). The van der Waals surface area contributed by atoms with Crippen LogP contribution in [0, 0.1) is 0 Å². The zero-order valence-corrected chi connectivity index (χ0v) is 10.1. The number of amides is 1. The van der Waals surface area contributed by atoms with Crippen molar-refractivity contribution in [2.75, 3.05) is 13.1 Å². The van der Waals surface area contributed by atoms with E-state index >= 15 is 0 Å². The van der Waals surface area contributed by atoms with Crippen molar-refractivity contribution in [1.29, 1.82) is 0 Å². The zero-order valence-electron chi connectivity index (χ0n) is 9.32. The Morgan fingerprint density at radius 2 is 2.47 bits per heavy atom. The summed E-state index contributed by atoms with van der Waals surface area (Å²) in [6, 6.07) is 0.224. The van der Waals surface area contributed by atoms with E-state index in [2.05, 4.69) is 17.1 Å². The lowest BCUT2D eigenvalue weighted by molar-refractivity contribution is -0.129. The molecule has 0 aromatic rings. The Hall–Kier alpha value is -0.680. The summed E-state index contributed by atoms with van der Waals surface area (Å²) in [6.45, 7) is 5.63. The third kappa shape index (κ3) is 3.14. The first-order valence-corrected chi connectivity index (χ1v) is 5.78. The lowest BCUT2D eigenvalue weighted by Gasteiger charge is -2.38. The van der Waals surface area contributed by atoms with Crippen LogP contribution in [0.5, 0.6) is 0 Å². The van der Waals surface area contributed by atoms with Gasteiger partial charge >= 0.3 is 0 Å². The van der Waals surface area contributed by atoms with E-state index in [1.807, 2.05) is 6.92 Å². The molecule has 1 aliphatic rings. The average Bonchev–Trinajstić information content (AvgIpc) is 2.19. The predicted octanol–water partition coefficient (Wildman–Crippen LogP) is 0.262. The number of nitrogens with two attached hydrogens (primary N) is 1. The molecule has 15 heavy (non-hydrogen) atoms. The van der Waals surface area contributed by atoms with Crippen molar-refractivity contribution in [2.24, 2.45) is 5.73 Å². The monoisotopic (exact) mass is 229 g/mol. The van der Waals surface area contributed by atoms with Gasteiger partial charge in [0.15, 0.2) is 0 Å². The van der Waals surface area contributed by atoms with Gasteiger partial charge in [0.2, 0.25) is 5.91 Å². The molecule has 0 spiro atoms. The summed E-state index contributed by atoms with van der Waals surface area (Å²) in [7, 11) is 0. The highest BCUT2D eigenvalue weighted by Gasteiger charge is 2.30. The first-order chi connectivity index (χ1) is 7.06. The molecule has 1 heterocycles. The molecule has 0 aromatic heterocycles. The summed E-state index contributed by atoms with van der Waals surface area (Å²) >= 11 is 4.93. The molecule has 1 amide bonds. The van der Waals surface area contributed by atoms with Gasteiger partial charge in [0.05, 0.1) is 11.0 Å². The Morgan fingerprint density at radius 3 is 3.00 bits per heavy atom. The van der Waals surface area contributed by atoms with Crippen molar-refractivity contribution >= 4 is 23.1 Å². The molecule has 1 fully saturated rings. The van der Waals surface area contributed by atoms with Crippen molar-refractivity contribution < 1.29 is 4.79 Å². The van der Waals surface area contributed by atoms with Crippen molar-refractivity contribution in [3.63, 3.8) is 0 Å². The van der Waals surface area contributed by atoms with Gasteiger partial charge in [0, 0.05) is 25.6 Å². The molecule has 0 saturated carbocycles. The second-order valence-corrected chi connectivity index (χ2v) is 4.46. The summed E-state index contributed by atoms with van der Waals surface area (Å²) in [4.78, 5) is 14.2. The molecule has 1 saturated heterocycles. The average molecular weight is 229 g/mol. The van der Waals surface area contributed by atoms with Crippen LogP contribution in [0.2, 0.25) is 0 Å². The number of nitrogens with zero attached hydrogens (tertiary/aromatic N) is 1. The molecule has 0 aliphatic carbocycles. The van der Waals surface area contributed by atoms with E-state index in [1.54, 1.807) is 0 Å². The number of piperazine rings is 1. The molecule has 0 radical (unpaired) electrons. The minimum absolute atomic E-state index is 0.0713. The van der Waals surface area contributed by atoms with Crippen LogP contribution in [0.15, 0.2) is 0 Å². The van der Waals surface area contributed by atoms with Gasteiger partial charge in [-0.3, -0.25) is 9.69 Å². The van der Waals surface area contributed by atoms with Gasteiger partial charge in [0.1, 0.15) is 0 Å². The molecule has 4 nitrogen and oxygen atoms in total. The fourth-order valence-corrected chi connectivity index (χ4v) is 2.22. The van der Waals surface area contributed by atoms with Gasteiger partial charge in [0.25, 0.3) is 0 Å². The Labute approximate surface area is 96.2 Å². The number of nitrogens with one attached hydrogen (secondary N) is 1. The Morgan fingerprint density at radius 1 is 1.80 bits per heavy atom. The Kier molecular flexibility index (Phi) is 4.47. The standard InChI is InChI=1S/C10H19N3OS/c1-3-8(6-9(11)15)13-5-4-12-10(14)7(13)2/h7-8H,3-6H2,1-2H3,(H2,11,15)(H,12,14). The minimum Gasteiger partial charge on any atom is -0.393 e. The van der Waals surface area contributed by atoms with Gasteiger partial charge in [-0.25, -0.2) is 0 Å². The minimum atomic E-state index is -0.0713. The second-order valence-electron chi connectivity index (χ2n) is 3.94. The van der Waals surface area contributed by atoms with E-state index in [1.165, 1.54) is 0 Å². The van der Waals surface area contributed by atoms with Gasteiger partial charge in [-0.05, 0) is 13.3 Å². The van der Waals surface area contributed by atoms with Crippen molar-refractivity contribution in [3.05, 3.63) is 0 Å². The van der Waals surface area contributed by atoms with E-state index in [0.717, 1.165) is 19.5 Å². The summed E-state index contributed by atoms with van der Waals surface area (Å²) < 4.78 is 0. The van der Waals surface area contributed by atoms with Crippen LogP contribution >= 0.6 is 12.2 Å². The van der Waals surface area contributed by atoms with Crippen molar-refractivity contribution in [2.45, 2.75) is 38.8 Å². The van der Waals surface area contributed by atoms with Crippen molar-refractivity contribution in [3.8, 4) is 0 Å². The smallest absolute Gasteiger partial charge is 0.237 e. The molecule has 1 aliphatic heterocycles. The molecule has 5 heteroatoms. The first kappa shape index (κ1) is 12.4. The number of rotatable bonds is 4. The van der Waals surface area contributed by atoms with Crippen LogP contribution in [0.1, 0.15) is 26.7 Å². The number of carbonyl (C=O) groups is 1. The van der Waals surface area contributed by atoms with Crippen LogP contribution in [0.25, 0.3) is 0 Å². The van der Waals surface area contributed by atoms with Crippen molar-refractivity contribution in [1.82, 2.24) is 10.2 Å². The molecular formula is C10H19N3OS. The van der Waals surface area contributed by atoms with Crippen LogP contribution < -0.4 is 11.1 Å². The maximum absolute atomic E-state index is 11.5. The number of carbonyl (C=O) groups excluding carboxylic acids is 1. The van der Waals surface area contributed by atoms with Gasteiger partial charge in [-0.15, -0.1) is 0 Å². The highest BCUT2D eigenvalue weighted by atomic mass is 32.1. The molecule has 2 unspecified atom stereocenters. The second kappa shape index (κ2) is 5.42. The third-order valence-corrected chi connectivity index (χ3v) is 3.09. The van der Waals surface area contributed by atoms with Gasteiger partial charge in [-0.2, -0.15) is 0 Å². The van der Waals surface area contributed by atoms with E-state index < -0.39 is 0 Å². The van der Waals surface area contributed by atoms with Crippen LogP contribution in [-0.2, 0) is 4.79 Å². The molecule has 86 valence electrons. The molecule has 0 bridgehead atoms. The van der Waals surface area contributed by atoms with E-state index in [-0.39, 0.29) is 11.9 Å². The molecule has 3 N–H and O–H groups in total. The molecule has 2 atom stereocenters. The van der Waals surface area contributed by atoms with E-state index in [9.17, 15) is 4.79 Å². The summed E-state index contributed by atoms with van der Waals surface area (Å²) in [5.41, 5.74) is 5.56. The largest absolute Gasteiger partial charge is 0.393 e. The third-order valence-electron chi connectivity index (χ3n) is 2.92. The topological polar surface area (TPSA) is 58.4 Å². The van der Waals surface area contributed by atoms with E-state index in [4.69, 9.17) is 18.0 Å². The zero-order chi connectivity index (χ0) is 11.4. The fraction of sp³-hybridized carbons (Fsp3) is 0.800. The van der Waals surface area contributed by atoms with Gasteiger partial charge < -0.3 is 11.1 Å². The summed E-state index contributed by atoms with van der Waals surface area (Å²) in [6.07, 6.45) is 1.67. The maximum atomic E-state index is 11.5. The number of hydrogen-bond acceptors (Lipinski definition) is 3. The lowest BCUT2D eigenvalue weighted by Crippen LogP contribution is -2.57. The van der Waals surface area contributed by atoms with Crippen LogP contribution in [0.3, 0.4) is 0 Å². The predicted molar refractivity (Wildman–Crippen MR) is 64.7 cm³/mol. The van der Waals surface area contributed by atoms with Gasteiger partial charge in [-0.1, -0.05) is 19.1 Å². The number of thiocarbonyl (C=S) groups is 1. The maximum Gasteiger partial charge on any atom is 0.237 e. The Bertz CT molecular complexity index is 257. The first-order valence-electron chi connectivity index (χ1n) is 5.38. The van der Waals surface area contributed by atoms with Crippen LogP contribution in [-0.4, -0.2) is 41.0 Å². The number of hydrogen-bond donors (Lipinski definition) is 2. The Balaban J connectivity index is 2.65. The SMILES string of the molecule is CCC(CC(N)=S)N1CCNC(=O)C1C. The summed E-state index contributed by atoms with van der Waals surface area (Å²) in [5.74, 6) is 0.0997. The lowest BCUT2D eigenvalue weighted by atomic mass is 10.0. The van der Waals surface area contributed by atoms with E-state index in [0.29, 0.717) is 17.5 Å². The normalized spacial score (nSPS) is 24.7. The highest BCUT2D eigenvalue weighted by molar-refractivity contribution is 7.80. The fourth-order valence-electron chi connectivity index (χ4n) is 2.03. The quantitative estimate of drug-likeness (QED) is 0.679. The highest BCUT2D eigenvalue weighted by Crippen LogP contribution is 2.14.